The van der Waals surface area contributed by atoms with Crippen LogP contribution >= 0.6 is 11.6 Å². The fourth-order valence-electron chi connectivity index (χ4n) is 2.58. The number of nitrogens with zero attached hydrogens (tertiary/aromatic N) is 4. The van der Waals surface area contributed by atoms with Gasteiger partial charge in [0.05, 0.1) is 11.7 Å². The van der Waals surface area contributed by atoms with Gasteiger partial charge in [-0.1, -0.05) is 29.8 Å². The third-order valence-corrected chi connectivity index (χ3v) is 4.05. The van der Waals surface area contributed by atoms with E-state index in [1.165, 1.54) is 12.3 Å². The quantitative estimate of drug-likeness (QED) is 0.386. The summed E-state index contributed by atoms with van der Waals surface area (Å²) in [5, 5.41) is 23.5. The first kappa shape index (κ1) is 15.3. The van der Waals surface area contributed by atoms with Crippen molar-refractivity contribution in [3.05, 3.63) is 52.5 Å². The van der Waals surface area contributed by atoms with Crippen LogP contribution < -0.4 is 5.43 Å². The number of phenols is 1. The van der Waals surface area contributed by atoms with Crippen molar-refractivity contribution >= 4 is 45.8 Å². The number of H-pyrrole nitrogens is 1. The molecule has 0 saturated heterocycles. The number of hydrogen-bond donors (Lipinski definition) is 3. The molecule has 0 atom stereocenters. The predicted octanol–water partition coefficient (Wildman–Crippen LogP) is 3.62. The van der Waals surface area contributed by atoms with Crippen molar-refractivity contribution < 1.29 is 5.11 Å². The molecule has 124 valence electrons. The van der Waals surface area contributed by atoms with Crippen LogP contribution in [0.2, 0.25) is 5.02 Å². The molecular formula is C17H13ClN6O. The average Bonchev–Trinajstić information content (AvgIpc) is 2.97. The standard InChI is InChI=1S/C17H13ClN6O/c1-9-3-2-4-12-14(9)20-16-15(12)22-24-17(21-16)23-19-8-10-7-11(18)5-6-13(10)25/h2-8,25H,1H3,(H2,20,21,23,24). The van der Waals surface area contributed by atoms with E-state index < -0.39 is 0 Å². The summed E-state index contributed by atoms with van der Waals surface area (Å²) >= 11 is 5.90. The van der Waals surface area contributed by atoms with E-state index in [1.807, 2.05) is 25.1 Å². The van der Waals surface area contributed by atoms with Crippen molar-refractivity contribution in [2.45, 2.75) is 6.92 Å². The molecule has 2 heterocycles. The molecule has 4 rings (SSSR count). The molecule has 0 bridgehead atoms. The third-order valence-electron chi connectivity index (χ3n) is 3.82. The van der Waals surface area contributed by atoms with Gasteiger partial charge in [-0.05, 0) is 30.7 Å². The smallest absolute Gasteiger partial charge is 0.265 e. The summed E-state index contributed by atoms with van der Waals surface area (Å²) < 4.78 is 0. The molecule has 0 aliphatic carbocycles. The van der Waals surface area contributed by atoms with Crippen molar-refractivity contribution in [3.63, 3.8) is 0 Å². The van der Waals surface area contributed by atoms with Crippen molar-refractivity contribution in [1.29, 1.82) is 0 Å². The number of anilines is 1. The molecule has 2 aromatic carbocycles. The second-order valence-electron chi connectivity index (χ2n) is 5.53. The van der Waals surface area contributed by atoms with E-state index in [4.69, 9.17) is 11.6 Å². The van der Waals surface area contributed by atoms with E-state index in [9.17, 15) is 5.11 Å². The maximum atomic E-state index is 9.75. The molecule has 2 aromatic heterocycles. The Morgan fingerprint density at radius 2 is 2.12 bits per heavy atom. The van der Waals surface area contributed by atoms with Crippen molar-refractivity contribution in [1.82, 2.24) is 20.2 Å². The topological polar surface area (TPSA) is 99.1 Å². The summed E-state index contributed by atoms with van der Waals surface area (Å²) in [4.78, 5) is 7.63. The van der Waals surface area contributed by atoms with E-state index in [2.05, 4.69) is 30.7 Å². The molecule has 0 aliphatic rings. The maximum Gasteiger partial charge on any atom is 0.265 e. The number of fused-ring (bicyclic) bond motifs is 3. The number of nitrogens with one attached hydrogen (secondary N) is 2. The minimum absolute atomic E-state index is 0.0792. The Hall–Kier alpha value is -3.19. The first-order chi connectivity index (χ1) is 12.1. The molecule has 3 N–H and O–H groups in total. The molecule has 0 fully saturated rings. The van der Waals surface area contributed by atoms with Gasteiger partial charge in [-0.25, -0.2) is 5.43 Å². The molecule has 0 spiro atoms. The summed E-state index contributed by atoms with van der Waals surface area (Å²) in [5.74, 6) is 0.324. The minimum atomic E-state index is 0.0792. The largest absolute Gasteiger partial charge is 0.507 e. The van der Waals surface area contributed by atoms with Crippen molar-refractivity contribution in [2.75, 3.05) is 5.43 Å². The van der Waals surface area contributed by atoms with E-state index >= 15 is 0 Å². The molecular weight excluding hydrogens is 340 g/mol. The van der Waals surface area contributed by atoms with Crippen LogP contribution in [0.15, 0.2) is 41.5 Å². The van der Waals surface area contributed by atoms with E-state index in [0.717, 1.165) is 16.5 Å². The second-order valence-corrected chi connectivity index (χ2v) is 5.96. The van der Waals surface area contributed by atoms with E-state index in [-0.39, 0.29) is 11.7 Å². The Morgan fingerprint density at radius 1 is 1.24 bits per heavy atom. The lowest BCUT2D eigenvalue weighted by molar-refractivity contribution is 0.474. The van der Waals surface area contributed by atoms with Crippen LogP contribution in [0.1, 0.15) is 11.1 Å². The Labute approximate surface area is 147 Å². The number of hydrogen-bond acceptors (Lipinski definition) is 6. The normalized spacial score (nSPS) is 11.6. The van der Waals surface area contributed by atoms with Gasteiger partial charge in [0.15, 0.2) is 5.65 Å². The number of aromatic hydroxyl groups is 1. The van der Waals surface area contributed by atoms with Gasteiger partial charge in [0.1, 0.15) is 11.3 Å². The number of halogens is 1. The van der Waals surface area contributed by atoms with Crippen molar-refractivity contribution in [2.24, 2.45) is 5.10 Å². The van der Waals surface area contributed by atoms with Crippen LogP contribution in [-0.2, 0) is 0 Å². The number of aromatic nitrogens is 4. The highest BCUT2D eigenvalue weighted by atomic mass is 35.5. The highest BCUT2D eigenvalue weighted by Gasteiger charge is 2.10. The highest BCUT2D eigenvalue weighted by molar-refractivity contribution is 6.30. The second kappa shape index (κ2) is 6.03. The summed E-state index contributed by atoms with van der Waals surface area (Å²) in [6.45, 7) is 2.02. The Morgan fingerprint density at radius 3 is 3.00 bits per heavy atom. The maximum absolute atomic E-state index is 9.75. The Kier molecular flexibility index (Phi) is 3.70. The van der Waals surface area contributed by atoms with Crippen LogP contribution in [0, 0.1) is 6.92 Å². The predicted molar refractivity (Wildman–Crippen MR) is 98.3 cm³/mol. The summed E-state index contributed by atoms with van der Waals surface area (Å²) in [6, 6.07) is 10.7. The molecule has 0 radical (unpaired) electrons. The summed E-state index contributed by atoms with van der Waals surface area (Å²) in [6.07, 6.45) is 1.43. The monoisotopic (exact) mass is 352 g/mol. The fraction of sp³-hybridized carbons (Fsp3) is 0.0588. The van der Waals surface area contributed by atoms with E-state index in [0.29, 0.717) is 21.7 Å². The first-order valence-corrected chi connectivity index (χ1v) is 7.89. The number of benzene rings is 2. The zero-order valence-electron chi connectivity index (χ0n) is 13.2. The van der Waals surface area contributed by atoms with Crippen LogP contribution in [0.25, 0.3) is 22.1 Å². The Bertz CT molecular complexity index is 1120. The number of aromatic amines is 1. The van der Waals surface area contributed by atoms with Gasteiger partial charge in [-0.3, -0.25) is 0 Å². The summed E-state index contributed by atoms with van der Waals surface area (Å²) in [5.41, 5.74) is 6.62. The van der Waals surface area contributed by atoms with Gasteiger partial charge in [0.25, 0.3) is 5.95 Å². The summed E-state index contributed by atoms with van der Waals surface area (Å²) in [7, 11) is 0. The van der Waals surface area contributed by atoms with Gasteiger partial charge >= 0.3 is 0 Å². The van der Waals surface area contributed by atoms with Crippen molar-refractivity contribution in [3.8, 4) is 5.75 Å². The minimum Gasteiger partial charge on any atom is -0.507 e. The van der Waals surface area contributed by atoms with Gasteiger partial charge in [0.2, 0.25) is 0 Å². The Balaban J connectivity index is 1.64. The lowest BCUT2D eigenvalue weighted by Gasteiger charge is -2.00. The molecule has 8 heteroatoms. The average molecular weight is 353 g/mol. The third kappa shape index (κ3) is 2.85. The lowest BCUT2D eigenvalue weighted by atomic mass is 10.1. The van der Waals surface area contributed by atoms with E-state index in [1.54, 1.807) is 12.1 Å². The zero-order valence-corrected chi connectivity index (χ0v) is 13.9. The van der Waals surface area contributed by atoms with Gasteiger partial charge in [0, 0.05) is 16.0 Å². The SMILES string of the molecule is Cc1cccc2c1[nH]c1nc(NN=Cc3cc(Cl)ccc3O)nnc12. The molecule has 4 aromatic rings. The van der Waals surface area contributed by atoms with Crippen LogP contribution in [0.4, 0.5) is 5.95 Å². The first-order valence-electron chi connectivity index (χ1n) is 7.51. The number of hydrazone groups is 1. The zero-order chi connectivity index (χ0) is 17.4. The fourth-order valence-corrected chi connectivity index (χ4v) is 2.76. The highest BCUT2D eigenvalue weighted by Crippen LogP contribution is 2.24. The van der Waals surface area contributed by atoms with Crippen LogP contribution in [0.3, 0.4) is 0 Å². The number of para-hydroxylation sites is 1. The van der Waals surface area contributed by atoms with Gasteiger partial charge in [-0.15, -0.1) is 10.2 Å². The molecule has 0 unspecified atom stereocenters. The number of phenolic OH excluding ortho intramolecular Hbond substituents is 1. The number of aryl methyl sites for hydroxylation is 1. The molecule has 0 aliphatic heterocycles. The number of rotatable bonds is 3. The van der Waals surface area contributed by atoms with Gasteiger partial charge in [-0.2, -0.15) is 10.1 Å². The van der Waals surface area contributed by atoms with Gasteiger partial charge < -0.3 is 10.1 Å². The molecule has 0 saturated carbocycles. The van der Waals surface area contributed by atoms with Crippen LogP contribution in [0.5, 0.6) is 5.75 Å². The molecule has 0 amide bonds. The molecule has 7 nitrogen and oxygen atoms in total. The van der Waals surface area contributed by atoms with Crippen LogP contribution in [-0.4, -0.2) is 31.5 Å². The molecule has 25 heavy (non-hydrogen) atoms. The lowest BCUT2D eigenvalue weighted by Crippen LogP contribution is -1.99.